The number of nitrogens with two attached hydrogens (primary N) is 3. The molecule has 3 fully saturated rings. The number of hydrogen-bond acceptors (Lipinski definition) is 20. The second-order valence-electron chi connectivity index (χ2n) is 12.3. The Bertz CT molecular complexity index is 2110. The maximum atomic E-state index is 12.7. The van der Waals surface area contributed by atoms with Crippen LogP contribution in [0.1, 0.15) is 18.7 Å². The van der Waals surface area contributed by atoms with Gasteiger partial charge in [0.05, 0.1) is 26.1 Å². The van der Waals surface area contributed by atoms with Crippen LogP contribution in [0.5, 0.6) is 0 Å². The number of imidazole rings is 1. The lowest BCUT2D eigenvalue weighted by atomic mass is 10.1. The summed E-state index contributed by atoms with van der Waals surface area (Å²) < 4.78 is 32.8. The zero-order chi connectivity index (χ0) is 37.0. The summed E-state index contributed by atoms with van der Waals surface area (Å²) in [6.45, 7) is -1.50. The Balaban J connectivity index is 1.10. The lowest BCUT2D eigenvalue weighted by Crippen LogP contribution is -2.43. The SMILES string of the molecule is Nc1ccn([C@@H]2O[C@H](CO[C@H]3[C@@H](O)[C@H](n4ccc(N)nc4=O)O[C@@H]3CO[C@H]3[C@@H](O)[C@H](n4cnc5c(=O)[nH]c(N)nc54)O[C@@H]3CO)[C@@H](O)[C@H]2O)c(=O)n1. The van der Waals surface area contributed by atoms with E-state index >= 15 is 0 Å². The zero-order valence-corrected chi connectivity index (χ0v) is 26.8. The maximum Gasteiger partial charge on any atom is 0.351 e. The second-order valence-corrected chi connectivity index (χ2v) is 12.3. The number of nitrogen functional groups attached to an aromatic ring is 3. The Morgan fingerprint density at radius 3 is 1.83 bits per heavy atom. The number of aromatic amines is 1. The molecule has 12 atom stereocenters. The minimum Gasteiger partial charge on any atom is -0.394 e. The summed E-state index contributed by atoms with van der Waals surface area (Å²) in [6, 6.07) is 2.61. The molecule has 3 saturated heterocycles. The van der Waals surface area contributed by atoms with Gasteiger partial charge in [0, 0.05) is 12.4 Å². The molecule has 0 radical (unpaired) electrons. The molecule has 3 aliphatic heterocycles. The number of anilines is 3. The molecule has 4 aromatic heterocycles. The number of nitrogens with one attached hydrogen (secondary N) is 1. The fraction of sp³-hybridized carbons (Fsp3) is 0.536. The minimum atomic E-state index is -1.59. The summed E-state index contributed by atoms with van der Waals surface area (Å²) in [6.07, 6.45) is -12.5. The monoisotopic (exact) mass is 733 g/mol. The summed E-state index contributed by atoms with van der Waals surface area (Å²) in [5.41, 5.74) is 14.5. The number of nitrogens with zero attached hydrogens (tertiary/aromatic N) is 7. The van der Waals surface area contributed by atoms with Gasteiger partial charge in [0.15, 0.2) is 29.8 Å². The number of hydrogen-bond donors (Lipinski definition) is 9. The minimum absolute atomic E-state index is 0.00459. The van der Waals surface area contributed by atoms with Gasteiger partial charge in [0.2, 0.25) is 5.95 Å². The molecule has 0 aliphatic carbocycles. The predicted molar refractivity (Wildman–Crippen MR) is 171 cm³/mol. The van der Waals surface area contributed by atoms with Crippen LogP contribution in [-0.2, 0) is 23.7 Å². The predicted octanol–water partition coefficient (Wildman–Crippen LogP) is -5.72. The van der Waals surface area contributed by atoms with E-state index < -0.39 is 110 Å². The highest BCUT2D eigenvalue weighted by Crippen LogP contribution is 2.36. The third-order valence-corrected chi connectivity index (χ3v) is 9.02. The Morgan fingerprint density at radius 2 is 1.23 bits per heavy atom. The average molecular weight is 734 g/mol. The standard InChI is InChI=1S/C28H35N11O13/c29-12-1-3-37(27(46)33-12)23-16(42)15(41)10(51-23)6-48-20-11(52-24(18(20)44)38-4-2-13(30)34-28(38)47)7-49-19-9(5-40)50-25(17(19)43)39-8-32-14-21(39)35-26(31)36-22(14)45/h1-4,8-11,15-20,23-25,40-44H,5-7H2,(H2,29,33,46)(H2,30,34,47)(H3,31,35,36,45)/t9-,10-,11-,15-,16-,17-,18-,19-,20-,23-,24-,25-/m1/s1. The van der Waals surface area contributed by atoms with Gasteiger partial charge < -0.3 is 66.4 Å². The molecule has 24 heteroatoms. The van der Waals surface area contributed by atoms with Crippen molar-refractivity contribution in [2.24, 2.45) is 0 Å². The van der Waals surface area contributed by atoms with Crippen LogP contribution in [0.4, 0.5) is 17.6 Å². The summed E-state index contributed by atoms with van der Waals surface area (Å²) in [7, 11) is 0. The third-order valence-electron chi connectivity index (χ3n) is 9.02. The molecule has 0 saturated carbocycles. The van der Waals surface area contributed by atoms with Crippen LogP contribution >= 0.6 is 0 Å². The van der Waals surface area contributed by atoms with E-state index in [-0.39, 0.29) is 28.7 Å². The van der Waals surface area contributed by atoms with Gasteiger partial charge in [0.1, 0.15) is 66.6 Å². The van der Waals surface area contributed by atoms with Crippen molar-refractivity contribution < 1.29 is 49.2 Å². The molecule has 4 aromatic rings. The summed E-state index contributed by atoms with van der Waals surface area (Å²) in [5.74, 6) is -0.345. The Kier molecular flexibility index (Phi) is 9.50. The number of aliphatic hydroxyl groups is 5. The zero-order valence-electron chi connectivity index (χ0n) is 26.8. The van der Waals surface area contributed by atoms with Crippen LogP contribution in [0.15, 0.2) is 45.2 Å². The highest BCUT2D eigenvalue weighted by Gasteiger charge is 2.51. The number of rotatable bonds is 10. The van der Waals surface area contributed by atoms with Gasteiger partial charge in [-0.05, 0) is 12.1 Å². The van der Waals surface area contributed by atoms with Crippen molar-refractivity contribution >= 4 is 28.7 Å². The Morgan fingerprint density at radius 1 is 0.712 bits per heavy atom. The van der Waals surface area contributed by atoms with E-state index in [9.17, 15) is 39.9 Å². The van der Waals surface area contributed by atoms with Gasteiger partial charge in [0.25, 0.3) is 5.56 Å². The molecule has 3 aliphatic rings. The first kappa shape index (κ1) is 35.5. The third kappa shape index (κ3) is 6.29. The fourth-order valence-electron chi connectivity index (χ4n) is 6.47. The number of ether oxygens (including phenoxy) is 5. The molecule has 0 bridgehead atoms. The first-order valence-electron chi connectivity index (χ1n) is 15.8. The molecular formula is C28H35N11O13. The van der Waals surface area contributed by atoms with Crippen molar-refractivity contribution in [2.45, 2.75) is 73.6 Å². The number of aromatic nitrogens is 8. The van der Waals surface area contributed by atoms with Crippen molar-refractivity contribution in [3.8, 4) is 0 Å². The first-order valence-corrected chi connectivity index (χ1v) is 15.8. The smallest absolute Gasteiger partial charge is 0.351 e. The number of aliphatic hydroxyl groups excluding tert-OH is 5. The first-order chi connectivity index (χ1) is 24.9. The molecular weight excluding hydrogens is 698 g/mol. The molecule has 0 unspecified atom stereocenters. The second kappa shape index (κ2) is 13.9. The molecule has 0 amide bonds. The fourth-order valence-corrected chi connectivity index (χ4v) is 6.47. The molecule has 24 nitrogen and oxygen atoms in total. The van der Waals surface area contributed by atoms with E-state index in [1.807, 2.05) is 0 Å². The summed E-state index contributed by atoms with van der Waals surface area (Å²) in [4.78, 5) is 55.0. The van der Waals surface area contributed by atoms with Crippen LogP contribution in [0.25, 0.3) is 11.2 Å². The molecule has 0 spiro atoms. The van der Waals surface area contributed by atoms with Crippen molar-refractivity contribution in [3.05, 3.63) is 62.2 Å². The van der Waals surface area contributed by atoms with E-state index in [2.05, 4.69) is 24.9 Å². The van der Waals surface area contributed by atoms with E-state index in [1.165, 1.54) is 35.4 Å². The molecule has 12 N–H and O–H groups in total. The van der Waals surface area contributed by atoms with Crippen molar-refractivity contribution in [3.63, 3.8) is 0 Å². The van der Waals surface area contributed by atoms with Crippen LogP contribution in [0.3, 0.4) is 0 Å². The van der Waals surface area contributed by atoms with Gasteiger partial charge in [-0.2, -0.15) is 15.0 Å². The molecule has 7 rings (SSSR count). The highest BCUT2D eigenvalue weighted by atomic mass is 16.6. The van der Waals surface area contributed by atoms with Crippen LogP contribution < -0.4 is 34.1 Å². The maximum absolute atomic E-state index is 12.7. The molecule has 7 heterocycles. The Hall–Kier alpha value is -4.89. The normalized spacial score (nSPS) is 33.3. The van der Waals surface area contributed by atoms with Crippen molar-refractivity contribution in [1.29, 1.82) is 0 Å². The van der Waals surface area contributed by atoms with Crippen molar-refractivity contribution in [1.82, 2.24) is 38.6 Å². The average Bonchev–Trinajstić information content (AvgIpc) is 3.82. The summed E-state index contributed by atoms with van der Waals surface area (Å²) in [5, 5.41) is 54.3. The molecule has 280 valence electrons. The lowest BCUT2D eigenvalue weighted by molar-refractivity contribution is -0.132. The molecule has 52 heavy (non-hydrogen) atoms. The van der Waals surface area contributed by atoms with Gasteiger partial charge in [-0.3, -0.25) is 23.5 Å². The van der Waals surface area contributed by atoms with E-state index in [4.69, 9.17) is 40.9 Å². The molecule has 0 aromatic carbocycles. The van der Waals surface area contributed by atoms with Crippen LogP contribution in [0, 0.1) is 0 Å². The van der Waals surface area contributed by atoms with Gasteiger partial charge in [-0.25, -0.2) is 14.6 Å². The quantitative estimate of drug-likeness (QED) is 0.0733. The van der Waals surface area contributed by atoms with Crippen LogP contribution in [0.2, 0.25) is 0 Å². The number of fused-ring (bicyclic) bond motifs is 1. The van der Waals surface area contributed by atoms with E-state index in [0.717, 1.165) is 9.13 Å². The van der Waals surface area contributed by atoms with Gasteiger partial charge in [-0.1, -0.05) is 0 Å². The van der Waals surface area contributed by atoms with E-state index in [1.54, 1.807) is 0 Å². The summed E-state index contributed by atoms with van der Waals surface area (Å²) >= 11 is 0. The largest absolute Gasteiger partial charge is 0.394 e. The van der Waals surface area contributed by atoms with E-state index in [0.29, 0.717) is 0 Å². The Labute approximate surface area is 289 Å². The topological polar surface area (TPSA) is 359 Å². The van der Waals surface area contributed by atoms with Crippen LogP contribution in [-0.4, -0.2) is 139 Å². The highest BCUT2D eigenvalue weighted by molar-refractivity contribution is 5.70. The van der Waals surface area contributed by atoms with Gasteiger partial charge in [-0.15, -0.1) is 0 Å². The number of H-pyrrole nitrogens is 1. The van der Waals surface area contributed by atoms with Crippen molar-refractivity contribution in [2.75, 3.05) is 37.0 Å². The lowest BCUT2D eigenvalue weighted by Gasteiger charge is -2.26. The van der Waals surface area contributed by atoms with Gasteiger partial charge >= 0.3 is 11.4 Å².